The predicted molar refractivity (Wildman–Crippen MR) is 82.4 cm³/mol. The molecule has 0 spiro atoms. The Morgan fingerprint density at radius 2 is 1.70 bits per heavy atom. The summed E-state index contributed by atoms with van der Waals surface area (Å²) in [5, 5.41) is 10.9. The van der Waals surface area contributed by atoms with Gasteiger partial charge in [0, 0.05) is 0 Å². The molecule has 0 aromatic rings. The Morgan fingerprint density at radius 1 is 0.850 bits per heavy atom. The minimum Gasteiger partial charge on any atom is -0.393 e. The van der Waals surface area contributed by atoms with E-state index in [1.807, 2.05) is 0 Å². The van der Waals surface area contributed by atoms with Gasteiger partial charge >= 0.3 is 0 Å². The molecule has 7 atom stereocenters. The first-order chi connectivity index (χ1) is 9.55. The number of aliphatic hydroxyl groups excluding tert-OH is 1. The molecule has 4 rings (SSSR count). The maximum Gasteiger partial charge on any atom is 0.0577 e. The molecule has 0 saturated heterocycles. The van der Waals surface area contributed by atoms with Gasteiger partial charge in [-0.1, -0.05) is 33.1 Å². The quantitative estimate of drug-likeness (QED) is 0.675. The van der Waals surface area contributed by atoms with E-state index in [0.29, 0.717) is 16.7 Å². The number of rotatable bonds is 0. The molecule has 0 heterocycles. The third-order valence-electron chi connectivity index (χ3n) is 8.38. The lowest BCUT2D eigenvalue weighted by molar-refractivity contribution is -0.157. The second kappa shape index (κ2) is 4.48. The van der Waals surface area contributed by atoms with Crippen molar-refractivity contribution in [1.29, 1.82) is 0 Å². The summed E-state index contributed by atoms with van der Waals surface area (Å²) in [4.78, 5) is 0. The lowest BCUT2D eigenvalue weighted by Gasteiger charge is -2.61. The molecule has 114 valence electrons. The van der Waals surface area contributed by atoms with E-state index in [1.54, 1.807) is 0 Å². The van der Waals surface area contributed by atoms with Crippen LogP contribution in [0.5, 0.6) is 0 Å². The Balaban J connectivity index is 1.69. The zero-order valence-corrected chi connectivity index (χ0v) is 13.4. The summed E-state index contributed by atoms with van der Waals surface area (Å²) >= 11 is 0. The van der Waals surface area contributed by atoms with Crippen LogP contribution in [0.25, 0.3) is 0 Å². The van der Waals surface area contributed by atoms with E-state index in [9.17, 15) is 5.11 Å². The van der Waals surface area contributed by atoms with E-state index in [-0.39, 0.29) is 6.10 Å². The molecule has 4 aliphatic carbocycles. The van der Waals surface area contributed by atoms with Gasteiger partial charge in [-0.15, -0.1) is 0 Å². The standard InChI is InChI=1S/C19H32O/c1-18-9-5-7-14(18)17-15(8-11-18)19(2)10-4-3-6-13(19)12-16(17)20/h13-17,20H,3-12H2,1-2H3/t13?,14-,15-,16-,17-,18-,19-/m0/s1. The van der Waals surface area contributed by atoms with Crippen LogP contribution >= 0.6 is 0 Å². The highest BCUT2D eigenvalue weighted by Crippen LogP contribution is 2.66. The van der Waals surface area contributed by atoms with Crippen LogP contribution < -0.4 is 0 Å². The molecule has 20 heavy (non-hydrogen) atoms. The van der Waals surface area contributed by atoms with Crippen LogP contribution in [0.4, 0.5) is 0 Å². The van der Waals surface area contributed by atoms with Crippen LogP contribution in [0, 0.1) is 34.5 Å². The van der Waals surface area contributed by atoms with Crippen molar-refractivity contribution in [2.75, 3.05) is 0 Å². The summed E-state index contributed by atoms with van der Waals surface area (Å²) in [6.07, 6.45) is 13.9. The summed E-state index contributed by atoms with van der Waals surface area (Å²) in [6, 6.07) is 0. The van der Waals surface area contributed by atoms with Crippen molar-refractivity contribution in [2.45, 2.75) is 84.2 Å². The van der Waals surface area contributed by atoms with Crippen LogP contribution in [-0.2, 0) is 0 Å². The van der Waals surface area contributed by atoms with Gasteiger partial charge < -0.3 is 5.11 Å². The van der Waals surface area contributed by atoms with Gasteiger partial charge in [0.05, 0.1) is 6.10 Å². The maximum atomic E-state index is 10.9. The Kier molecular flexibility index (Phi) is 3.05. The van der Waals surface area contributed by atoms with Gasteiger partial charge in [-0.25, -0.2) is 0 Å². The number of hydrogen-bond acceptors (Lipinski definition) is 1. The van der Waals surface area contributed by atoms with E-state index >= 15 is 0 Å². The van der Waals surface area contributed by atoms with Crippen molar-refractivity contribution >= 4 is 0 Å². The topological polar surface area (TPSA) is 20.2 Å². The molecule has 0 aliphatic heterocycles. The molecule has 0 aromatic heterocycles. The van der Waals surface area contributed by atoms with E-state index in [2.05, 4.69) is 13.8 Å². The fraction of sp³-hybridized carbons (Fsp3) is 1.00. The summed E-state index contributed by atoms with van der Waals surface area (Å²) in [5.41, 5.74) is 1.13. The first kappa shape index (κ1) is 13.6. The minimum atomic E-state index is 0.0129. The molecule has 0 amide bonds. The molecule has 1 heteroatoms. The highest BCUT2D eigenvalue weighted by molar-refractivity contribution is 5.09. The van der Waals surface area contributed by atoms with Crippen LogP contribution in [0.3, 0.4) is 0 Å². The normalized spacial score (nSPS) is 58.6. The minimum absolute atomic E-state index is 0.0129. The monoisotopic (exact) mass is 276 g/mol. The molecule has 4 saturated carbocycles. The number of hydrogen-bond donors (Lipinski definition) is 1. The molecule has 4 aliphatic rings. The molecule has 0 bridgehead atoms. The lowest BCUT2D eigenvalue weighted by atomic mass is 9.45. The summed E-state index contributed by atoms with van der Waals surface area (Å²) < 4.78 is 0. The van der Waals surface area contributed by atoms with E-state index in [1.165, 1.54) is 57.8 Å². The van der Waals surface area contributed by atoms with Crippen molar-refractivity contribution < 1.29 is 5.11 Å². The Bertz CT molecular complexity index is 391. The Morgan fingerprint density at radius 3 is 2.55 bits per heavy atom. The third kappa shape index (κ3) is 1.71. The predicted octanol–water partition coefficient (Wildman–Crippen LogP) is 4.78. The summed E-state index contributed by atoms with van der Waals surface area (Å²) in [7, 11) is 0. The summed E-state index contributed by atoms with van der Waals surface area (Å²) in [5.74, 6) is 3.11. The van der Waals surface area contributed by atoms with E-state index < -0.39 is 0 Å². The smallest absolute Gasteiger partial charge is 0.0577 e. The van der Waals surface area contributed by atoms with E-state index in [4.69, 9.17) is 0 Å². The fourth-order valence-corrected chi connectivity index (χ4v) is 7.25. The molecular formula is C19H32O. The summed E-state index contributed by atoms with van der Waals surface area (Å²) in [6.45, 7) is 5.13. The van der Waals surface area contributed by atoms with Gasteiger partial charge in [-0.3, -0.25) is 0 Å². The van der Waals surface area contributed by atoms with Crippen molar-refractivity contribution in [1.82, 2.24) is 0 Å². The lowest BCUT2D eigenvalue weighted by Crippen LogP contribution is -2.56. The van der Waals surface area contributed by atoms with Crippen molar-refractivity contribution in [3.63, 3.8) is 0 Å². The van der Waals surface area contributed by atoms with Crippen LogP contribution in [-0.4, -0.2) is 11.2 Å². The Labute approximate surface area is 124 Å². The SMILES string of the molecule is C[C@@]12CCC[C@H]1[C@@H]1[C@@H](O)CC3CCCC[C@]3(C)[C@H]1CC2. The van der Waals surface area contributed by atoms with E-state index in [0.717, 1.165) is 24.2 Å². The number of aliphatic hydroxyl groups is 1. The molecule has 1 unspecified atom stereocenters. The first-order valence-electron chi connectivity index (χ1n) is 9.23. The number of fused-ring (bicyclic) bond motifs is 5. The molecule has 0 radical (unpaired) electrons. The first-order valence-corrected chi connectivity index (χ1v) is 9.23. The van der Waals surface area contributed by atoms with Gasteiger partial charge in [-0.2, -0.15) is 0 Å². The maximum absolute atomic E-state index is 10.9. The zero-order valence-electron chi connectivity index (χ0n) is 13.4. The average molecular weight is 276 g/mol. The van der Waals surface area contributed by atoms with Gasteiger partial charge in [0.25, 0.3) is 0 Å². The fourth-order valence-electron chi connectivity index (χ4n) is 7.25. The van der Waals surface area contributed by atoms with Gasteiger partial charge in [0.2, 0.25) is 0 Å². The van der Waals surface area contributed by atoms with Crippen LogP contribution in [0.1, 0.15) is 78.1 Å². The second-order valence-electron chi connectivity index (χ2n) is 9.13. The van der Waals surface area contributed by atoms with Gasteiger partial charge in [0.15, 0.2) is 0 Å². The third-order valence-corrected chi connectivity index (χ3v) is 8.38. The zero-order chi connectivity index (χ0) is 14.0. The molecule has 1 N–H and O–H groups in total. The van der Waals surface area contributed by atoms with Gasteiger partial charge in [-0.05, 0) is 79.4 Å². The van der Waals surface area contributed by atoms with Crippen molar-refractivity contribution in [2.24, 2.45) is 34.5 Å². The average Bonchev–Trinajstić information content (AvgIpc) is 2.81. The molecular weight excluding hydrogens is 244 g/mol. The van der Waals surface area contributed by atoms with Gasteiger partial charge in [0.1, 0.15) is 0 Å². The van der Waals surface area contributed by atoms with Crippen molar-refractivity contribution in [3.05, 3.63) is 0 Å². The van der Waals surface area contributed by atoms with Crippen molar-refractivity contribution in [3.8, 4) is 0 Å². The largest absolute Gasteiger partial charge is 0.393 e. The molecule has 0 aromatic carbocycles. The highest BCUT2D eigenvalue weighted by atomic mass is 16.3. The Hall–Kier alpha value is -0.0400. The molecule has 4 fully saturated rings. The highest BCUT2D eigenvalue weighted by Gasteiger charge is 2.59. The van der Waals surface area contributed by atoms with Crippen LogP contribution in [0.15, 0.2) is 0 Å². The molecule has 1 nitrogen and oxygen atoms in total. The second-order valence-corrected chi connectivity index (χ2v) is 9.13. The van der Waals surface area contributed by atoms with Crippen LogP contribution in [0.2, 0.25) is 0 Å².